The molecule has 0 aliphatic carbocycles. The van der Waals surface area contributed by atoms with Gasteiger partial charge in [0.05, 0.1) is 6.20 Å². The summed E-state index contributed by atoms with van der Waals surface area (Å²) in [6, 6.07) is 2.86. The van der Waals surface area contributed by atoms with Gasteiger partial charge in [0.15, 0.2) is 5.65 Å². The summed E-state index contributed by atoms with van der Waals surface area (Å²) >= 11 is 0. The quantitative estimate of drug-likeness (QED) is 0.824. The molecule has 0 spiro atoms. The molecule has 0 aromatic carbocycles. The summed E-state index contributed by atoms with van der Waals surface area (Å²) in [7, 11) is 0. The first-order valence-corrected chi connectivity index (χ1v) is 5.71. The molecule has 0 bridgehead atoms. The average Bonchev–Trinajstić information content (AvgIpc) is 2.71. The van der Waals surface area contributed by atoms with Crippen molar-refractivity contribution in [1.29, 1.82) is 0 Å². The normalized spacial score (nSPS) is 10.6. The number of carbonyl (C=O) groups excluding carboxylic acids is 1. The van der Waals surface area contributed by atoms with Gasteiger partial charge in [0, 0.05) is 19.5 Å². The summed E-state index contributed by atoms with van der Waals surface area (Å²) in [5.41, 5.74) is 0.553. The maximum Gasteiger partial charge on any atom is 0.243 e. The number of anilines is 1. The molecule has 0 radical (unpaired) electrons. The summed E-state index contributed by atoms with van der Waals surface area (Å²) in [5.74, 6) is -0.0222. The molecule has 18 heavy (non-hydrogen) atoms. The lowest BCUT2D eigenvalue weighted by Crippen LogP contribution is -2.24. The van der Waals surface area contributed by atoms with E-state index in [9.17, 15) is 9.18 Å². The van der Waals surface area contributed by atoms with Crippen molar-refractivity contribution in [1.82, 2.24) is 19.9 Å². The Kier molecular flexibility index (Phi) is 3.71. The summed E-state index contributed by atoms with van der Waals surface area (Å²) in [5, 5.41) is 9.65. The van der Waals surface area contributed by atoms with Gasteiger partial charge in [0.1, 0.15) is 5.82 Å². The summed E-state index contributed by atoms with van der Waals surface area (Å²) in [6.07, 6.45) is 1.59. The molecule has 6 nitrogen and oxygen atoms in total. The third-order valence-corrected chi connectivity index (χ3v) is 2.30. The van der Waals surface area contributed by atoms with Crippen LogP contribution in [0.25, 0.3) is 5.65 Å². The van der Waals surface area contributed by atoms with Crippen molar-refractivity contribution in [3.8, 4) is 0 Å². The Morgan fingerprint density at radius 2 is 2.33 bits per heavy atom. The highest BCUT2D eigenvalue weighted by atomic mass is 19.1. The number of hydrogen-bond donors (Lipinski definition) is 2. The van der Waals surface area contributed by atoms with E-state index in [2.05, 4.69) is 20.7 Å². The van der Waals surface area contributed by atoms with Crippen molar-refractivity contribution < 1.29 is 9.18 Å². The third kappa shape index (κ3) is 2.93. The zero-order chi connectivity index (χ0) is 13.0. The van der Waals surface area contributed by atoms with Gasteiger partial charge in [-0.3, -0.25) is 4.79 Å². The first kappa shape index (κ1) is 12.3. The number of fused-ring (bicyclic) bond motifs is 1. The molecular weight excluding hydrogens is 237 g/mol. The lowest BCUT2D eigenvalue weighted by Gasteiger charge is -2.01. The molecule has 0 atom stereocenters. The molecule has 2 N–H and O–H groups in total. The molecule has 0 aliphatic rings. The third-order valence-electron chi connectivity index (χ3n) is 2.30. The van der Waals surface area contributed by atoms with E-state index < -0.39 is 0 Å². The van der Waals surface area contributed by atoms with Crippen molar-refractivity contribution in [2.24, 2.45) is 0 Å². The van der Waals surface area contributed by atoms with E-state index in [1.165, 1.54) is 22.8 Å². The number of aromatic nitrogens is 3. The predicted molar refractivity (Wildman–Crippen MR) is 64.7 cm³/mol. The molecule has 0 fully saturated rings. The van der Waals surface area contributed by atoms with Crippen LogP contribution < -0.4 is 10.6 Å². The minimum atomic E-state index is -0.374. The van der Waals surface area contributed by atoms with Crippen LogP contribution in [-0.4, -0.2) is 33.6 Å². The number of rotatable bonds is 5. The molecule has 0 saturated heterocycles. The van der Waals surface area contributed by atoms with E-state index in [1.54, 1.807) is 0 Å². The maximum absolute atomic E-state index is 12.9. The van der Waals surface area contributed by atoms with Crippen molar-refractivity contribution in [3.05, 3.63) is 24.1 Å². The SMILES string of the molecule is CCNC(=O)CCNc1nc2ccc(F)cn2n1. The predicted octanol–water partition coefficient (Wildman–Crippen LogP) is 0.806. The first-order valence-electron chi connectivity index (χ1n) is 5.71. The number of nitrogens with one attached hydrogen (secondary N) is 2. The van der Waals surface area contributed by atoms with Gasteiger partial charge < -0.3 is 10.6 Å². The van der Waals surface area contributed by atoms with Gasteiger partial charge in [-0.15, -0.1) is 5.10 Å². The Hall–Kier alpha value is -2.18. The zero-order valence-electron chi connectivity index (χ0n) is 9.98. The Bertz CT molecular complexity index is 553. The Morgan fingerprint density at radius 1 is 1.50 bits per heavy atom. The number of amides is 1. The van der Waals surface area contributed by atoms with Crippen LogP contribution in [0.15, 0.2) is 18.3 Å². The smallest absolute Gasteiger partial charge is 0.243 e. The van der Waals surface area contributed by atoms with Gasteiger partial charge in [-0.25, -0.2) is 8.91 Å². The fourth-order valence-corrected chi connectivity index (χ4v) is 1.51. The second kappa shape index (κ2) is 5.44. The average molecular weight is 251 g/mol. The second-order valence-electron chi connectivity index (χ2n) is 3.72. The fourth-order valence-electron chi connectivity index (χ4n) is 1.51. The molecule has 2 aromatic rings. The molecule has 96 valence electrons. The van der Waals surface area contributed by atoms with E-state index >= 15 is 0 Å². The minimum Gasteiger partial charge on any atom is -0.356 e. The molecule has 2 rings (SSSR count). The highest BCUT2D eigenvalue weighted by molar-refractivity contribution is 5.76. The number of pyridine rings is 1. The van der Waals surface area contributed by atoms with Crippen LogP contribution in [0.4, 0.5) is 10.3 Å². The van der Waals surface area contributed by atoms with E-state index in [0.717, 1.165) is 0 Å². The fraction of sp³-hybridized carbons (Fsp3) is 0.364. The van der Waals surface area contributed by atoms with Crippen LogP contribution in [-0.2, 0) is 4.79 Å². The van der Waals surface area contributed by atoms with Crippen molar-refractivity contribution >= 4 is 17.5 Å². The summed E-state index contributed by atoms with van der Waals surface area (Å²) in [6.45, 7) is 2.92. The molecule has 0 aliphatic heterocycles. The van der Waals surface area contributed by atoms with Gasteiger partial charge in [-0.2, -0.15) is 4.98 Å². The van der Waals surface area contributed by atoms with E-state index in [-0.39, 0.29) is 11.7 Å². The van der Waals surface area contributed by atoms with Crippen LogP contribution in [0.1, 0.15) is 13.3 Å². The molecule has 1 amide bonds. The van der Waals surface area contributed by atoms with Crippen LogP contribution in [0, 0.1) is 5.82 Å². The Labute approximate surface area is 103 Å². The highest BCUT2D eigenvalue weighted by Gasteiger charge is 2.04. The molecule has 2 heterocycles. The van der Waals surface area contributed by atoms with Crippen molar-refractivity contribution in [2.75, 3.05) is 18.4 Å². The molecule has 0 saturated carbocycles. The summed E-state index contributed by atoms with van der Waals surface area (Å²) < 4.78 is 14.3. The molecular formula is C11H14FN5O. The van der Waals surface area contributed by atoms with Gasteiger partial charge >= 0.3 is 0 Å². The van der Waals surface area contributed by atoms with E-state index in [4.69, 9.17) is 0 Å². The van der Waals surface area contributed by atoms with Crippen LogP contribution in [0.5, 0.6) is 0 Å². The van der Waals surface area contributed by atoms with Gasteiger partial charge in [0.2, 0.25) is 11.9 Å². The second-order valence-corrected chi connectivity index (χ2v) is 3.72. The van der Waals surface area contributed by atoms with Crippen molar-refractivity contribution in [2.45, 2.75) is 13.3 Å². The molecule has 2 aromatic heterocycles. The Morgan fingerprint density at radius 3 is 3.11 bits per heavy atom. The number of halogens is 1. The first-order chi connectivity index (χ1) is 8.69. The standard InChI is InChI=1S/C11H14FN5O/c1-2-13-10(18)5-6-14-11-15-9-4-3-8(12)7-17(9)16-11/h3-4,7H,2,5-6H2,1H3,(H,13,18)(H,14,16). The molecule has 0 unspecified atom stereocenters. The largest absolute Gasteiger partial charge is 0.356 e. The van der Waals surface area contributed by atoms with Crippen LogP contribution in [0.3, 0.4) is 0 Å². The van der Waals surface area contributed by atoms with Crippen LogP contribution in [0.2, 0.25) is 0 Å². The van der Waals surface area contributed by atoms with Gasteiger partial charge in [-0.1, -0.05) is 0 Å². The zero-order valence-corrected chi connectivity index (χ0v) is 9.98. The van der Waals surface area contributed by atoms with Crippen LogP contribution >= 0.6 is 0 Å². The molecule has 7 heteroatoms. The number of carbonyl (C=O) groups is 1. The summed E-state index contributed by atoms with van der Waals surface area (Å²) in [4.78, 5) is 15.3. The van der Waals surface area contributed by atoms with E-state index in [0.29, 0.717) is 31.1 Å². The maximum atomic E-state index is 12.9. The highest BCUT2D eigenvalue weighted by Crippen LogP contribution is 2.06. The monoisotopic (exact) mass is 251 g/mol. The number of nitrogens with zero attached hydrogens (tertiary/aromatic N) is 3. The lowest BCUT2D eigenvalue weighted by molar-refractivity contribution is -0.120. The Balaban J connectivity index is 1.94. The van der Waals surface area contributed by atoms with Gasteiger partial charge in [0.25, 0.3) is 0 Å². The topological polar surface area (TPSA) is 71.3 Å². The number of hydrogen-bond acceptors (Lipinski definition) is 4. The van der Waals surface area contributed by atoms with E-state index in [1.807, 2.05) is 6.92 Å². The van der Waals surface area contributed by atoms with Crippen molar-refractivity contribution in [3.63, 3.8) is 0 Å². The minimum absolute atomic E-state index is 0.0280. The van der Waals surface area contributed by atoms with Gasteiger partial charge in [-0.05, 0) is 19.1 Å². The lowest BCUT2D eigenvalue weighted by atomic mass is 10.4.